The second kappa shape index (κ2) is 7.69. The highest BCUT2D eigenvalue weighted by Crippen LogP contribution is 2.26. The van der Waals surface area contributed by atoms with E-state index in [2.05, 4.69) is 13.8 Å². The van der Waals surface area contributed by atoms with Crippen LogP contribution in [-0.2, 0) is 4.74 Å². The molecule has 0 amide bonds. The van der Waals surface area contributed by atoms with Gasteiger partial charge in [0.1, 0.15) is 30.3 Å². The number of rotatable bonds is 6. The highest BCUT2D eigenvalue weighted by atomic mass is 16.6. The molecule has 1 aliphatic rings. The molecule has 2 N–H and O–H groups in total. The first-order valence-corrected chi connectivity index (χ1v) is 8.42. The number of hydrogen-bond acceptors (Lipinski definition) is 4. The molecule has 0 aromatic heterocycles. The molecule has 2 aromatic carbocycles. The first-order chi connectivity index (χ1) is 11.6. The molecule has 3 rings (SSSR count). The molecule has 0 unspecified atom stereocenters. The minimum Gasteiger partial charge on any atom is -0.491 e. The summed E-state index contributed by atoms with van der Waals surface area (Å²) in [4.78, 5) is 0. The molecular weight excluding hydrogens is 302 g/mol. The van der Waals surface area contributed by atoms with Crippen LogP contribution in [0.1, 0.15) is 17.5 Å². The number of aryl methyl sites for hydroxylation is 2. The largest absolute Gasteiger partial charge is 0.491 e. The monoisotopic (exact) mass is 327 g/mol. The first-order valence-electron chi connectivity index (χ1n) is 8.42. The molecule has 1 heterocycles. The van der Waals surface area contributed by atoms with Gasteiger partial charge in [0.05, 0.1) is 6.10 Å². The van der Waals surface area contributed by atoms with Gasteiger partial charge in [-0.25, -0.2) is 0 Å². The Morgan fingerprint density at radius 1 is 0.958 bits per heavy atom. The summed E-state index contributed by atoms with van der Waals surface area (Å²) >= 11 is 0. The van der Waals surface area contributed by atoms with Gasteiger partial charge in [-0.1, -0.05) is 35.4 Å². The summed E-state index contributed by atoms with van der Waals surface area (Å²) in [5.74, 6) is 1.70. The number of benzene rings is 2. The third-order valence-corrected chi connectivity index (χ3v) is 4.28. The molecule has 4 heteroatoms. The highest BCUT2D eigenvalue weighted by molar-refractivity contribution is 5.27. The van der Waals surface area contributed by atoms with Crippen LogP contribution in [0.3, 0.4) is 0 Å². The maximum atomic E-state index is 6.12. The van der Waals surface area contributed by atoms with Gasteiger partial charge in [0.15, 0.2) is 0 Å². The lowest BCUT2D eigenvalue weighted by atomic mass is 10.1. The third-order valence-electron chi connectivity index (χ3n) is 4.28. The van der Waals surface area contributed by atoms with E-state index >= 15 is 0 Å². The van der Waals surface area contributed by atoms with E-state index in [4.69, 9.17) is 19.9 Å². The second-order valence-electron chi connectivity index (χ2n) is 6.36. The summed E-state index contributed by atoms with van der Waals surface area (Å²) in [7, 11) is 0. The topological polar surface area (TPSA) is 53.7 Å². The summed E-state index contributed by atoms with van der Waals surface area (Å²) in [6, 6.07) is 16.1. The van der Waals surface area contributed by atoms with Crippen LogP contribution in [0.2, 0.25) is 0 Å². The van der Waals surface area contributed by atoms with E-state index in [1.807, 2.05) is 48.5 Å². The molecule has 1 fully saturated rings. The predicted octanol–water partition coefficient (Wildman–Crippen LogP) is 3.25. The molecule has 0 bridgehead atoms. The van der Waals surface area contributed by atoms with Crippen molar-refractivity contribution in [2.75, 3.05) is 13.2 Å². The Kier molecular flexibility index (Phi) is 5.38. The lowest BCUT2D eigenvalue weighted by Gasteiger charge is -2.20. The molecule has 4 nitrogen and oxygen atoms in total. The van der Waals surface area contributed by atoms with E-state index in [1.165, 1.54) is 11.1 Å². The van der Waals surface area contributed by atoms with E-state index in [9.17, 15) is 0 Å². The maximum Gasteiger partial charge on any atom is 0.131 e. The number of nitrogens with two attached hydrogens (primary N) is 1. The summed E-state index contributed by atoms with van der Waals surface area (Å²) in [6.45, 7) is 5.07. The van der Waals surface area contributed by atoms with Crippen molar-refractivity contribution in [1.82, 2.24) is 0 Å². The Morgan fingerprint density at radius 3 is 2.12 bits per heavy atom. The van der Waals surface area contributed by atoms with Gasteiger partial charge in [-0.15, -0.1) is 0 Å². The SMILES string of the molecule is Cc1ccc(OC[C@H]2O[C@H](CN)C[C@@H]2Oc2ccc(C)cc2)cc1. The van der Waals surface area contributed by atoms with Crippen LogP contribution in [0.4, 0.5) is 0 Å². The quantitative estimate of drug-likeness (QED) is 0.885. The maximum absolute atomic E-state index is 6.12. The predicted molar refractivity (Wildman–Crippen MR) is 94.6 cm³/mol. The van der Waals surface area contributed by atoms with Crippen LogP contribution >= 0.6 is 0 Å². The van der Waals surface area contributed by atoms with Crippen molar-refractivity contribution in [2.45, 2.75) is 38.6 Å². The molecule has 3 atom stereocenters. The summed E-state index contributed by atoms with van der Waals surface area (Å²) in [6.07, 6.45) is 0.631. The van der Waals surface area contributed by atoms with E-state index < -0.39 is 0 Å². The van der Waals surface area contributed by atoms with Crippen LogP contribution in [0, 0.1) is 13.8 Å². The molecule has 128 valence electrons. The molecule has 1 aliphatic heterocycles. The third kappa shape index (κ3) is 4.28. The zero-order chi connectivity index (χ0) is 16.9. The van der Waals surface area contributed by atoms with Crippen molar-refractivity contribution < 1.29 is 14.2 Å². The minimum atomic E-state index is -0.124. The van der Waals surface area contributed by atoms with Gasteiger partial charge in [-0.05, 0) is 38.1 Å². The van der Waals surface area contributed by atoms with E-state index in [-0.39, 0.29) is 18.3 Å². The second-order valence-corrected chi connectivity index (χ2v) is 6.36. The van der Waals surface area contributed by atoms with Crippen LogP contribution in [0.15, 0.2) is 48.5 Å². The molecular formula is C20H25NO3. The van der Waals surface area contributed by atoms with E-state index in [0.29, 0.717) is 13.2 Å². The Bertz CT molecular complexity index is 639. The lowest BCUT2D eigenvalue weighted by molar-refractivity contribution is -0.00712. The summed E-state index contributed by atoms with van der Waals surface area (Å²) in [5, 5.41) is 0. The van der Waals surface area contributed by atoms with Gasteiger partial charge in [0, 0.05) is 13.0 Å². The first kappa shape index (κ1) is 16.8. The van der Waals surface area contributed by atoms with Crippen LogP contribution in [-0.4, -0.2) is 31.5 Å². The normalized spacial score (nSPS) is 23.2. The Morgan fingerprint density at radius 2 is 1.54 bits per heavy atom. The molecule has 1 saturated heterocycles. The lowest BCUT2D eigenvalue weighted by Crippen LogP contribution is -2.32. The van der Waals surface area contributed by atoms with Gasteiger partial charge in [0.2, 0.25) is 0 Å². The Balaban J connectivity index is 1.62. The summed E-state index contributed by atoms with van der Waals surface area (Å²) in [5.41, 5.74) is 8.20. The molecule has 0 saturated carbocycles. The highest BCUT2D eigenvalue weighted by Gasteiger charge is 2.36. The number of hydrogen-bond donors (Lipinski definition) is 1. The fourth-order valence-electron chi connectivity index (χ4n) is 2.83. The number of ether oxygens (including phenoxy) is 3. The van der Waals surface area contributed by atoms with Crippen molar-refractivity contribution in [2.24, 2.45) is 5.73 Å². The molecule has 24 heavy (non-hydrogen) atoms. The smallest absolute Gasteiger partial charge is 0.131 e. The van der Waals surface area contributed by atoms with Crippen molar-refractivity contribution in [1.29, 1.82) is 0 Å². The molecule has 0 aliphatic carbocycles. The molecule has 0 radical (unpaired) electrons. The van der Waals surface area contributed by atoms with Gasteiger partial charge in [-0.2, -0.15) is 0 Å². The van der Waals surface area contributed by atoms with Crippen LogP contribution in [0.25, 0.3) is 0 Å². The zero-order valence-corrected chi connectivity index (χ0v) is 14.3. The van der Waals surface area contributed by atoms with Gasteiger partial charge in [0.25, 0.3) is 0 Å². The average Bonchev–Trinajstić information content (AvgIpc) is 2.98. The zero-order valence-electron chi connectivity index (χ0n) is 14.3. The van der Waals surface area contributed by atoms with Crippen molar-refractivity contribution in [3.8, 4) is 11.5 Å². The molecule has 0 spiro atoms. The van der Waals surface area contributed by atoms with Crippen LogP contribution in [0.5, 0.6) is 11.5 Å². The molecule has 2 aromatic rings. The van der Waals surface area contributed by atoms with E-state index in [0.717, 1.165) is 17.9 Å². The minimum absolute atomic E-state index is 0.0204. The van der Waals surface area contributed by atoms with Gasteiger partial charge >= 0.3 is 0 Å². The van der Waals surface area contributed by atoms with Crippen molar-refractivity contribution >= 4 is 0 Å². The van der Waals surface area contributed by atoms with Crippen molar-refractivity contribution in [3.63, 3.8) is 0 Å². The van der Waals surface area contributed by atoms with Gasteiger partial charge in [-0.3, -0.25) is 0 Å². The Labute approximate surface area is 143 Å². The van der Waals surface area contributed by atoms with E-state index in [1.54, 1.807) is 0 Å². The Hall–Kier alpha value is -2.04. The average molecular weight is 327 g/mol. The van der Waals surface area contributed by atoms with Gasteiger partial charge < -0.3 is 19.9 Å². The van der Waals surface area contributed by atoms with Crippen LogP contribution < -0.4 is 15.2 Å². The summed E-state index contributed by atoms with van der Waals surface area (Å²) < 4.78 is 18.0. The standard InChI is InChI=1S/C20H25NO3/c1-14-3-7-16(8-4-14)22-13-20-19(11-18(12-21)24-20)23-17-9-5-15(2)6-10-17/h3-10,18-20H,11-13,21H2,1-2H3/t18-,19-,20+/m0/s1. The fourth-order valence-corrected chi connectivity index (χ4v) is 2.83. The van der Waals surface area contributed by atoms with Crippen molar-refractivity contribution in [3.05, 3.63) is 59.7 Å². The fraction of sp³-hybridized carbons (Fsp3) is 0.400.